The molecule has 0 aromatic heterocycles. The van der Waals surface area contributed by atoms with Gasteiger partial charge in [0.1, 0.15) is 5.75 Å². The predicted octanol–water partition coefficient (Wildman–Crippen LogP) is 1.95. The summed E-state index contributed by atoms with van der Waals surface area (Å²) in [4.78, 5) is 24.7. The van der Waals surface area contributed by atoms with Crippen LogP contribution in [0.3, 0.4) is 0 Å². The van der Waals surface area contributed by atoms with Crippen LogP contribution in [0.1, 0.15) is 25.3 Å². The van der Waals surface area contributed by atoms with Gasteiger partial charge in [-0.25, -0.2) is 0 Å². The molecule has 1 atom stereocenters. The van der Waals surface area contributed by atoms with E-state index in [-0.39, 0.29) is 5.91 Å². The lowest BCUT2D eigenvalue weighted by Gasteiger charge is -2.16. The summed E-state index contributed by atoms with van der Waals surface area (Å²) < 4.78 is 5.54. The Morgan fingerprint density at radius 2 is 2.14 bits per heavy atom. The van der Waals surface area contributed by atoms with Crippen LogP contribution < -0.4 is 4.74 Å². The van der Waals surface area contributed by atoms with Crippen molar-refractivity contribution >= 4 is 11.9 Å². The molecule has 0 saturated carbocycles. The molecule has 0 unspecified atom stereocenters. The molecular weight excluding hydrogens is 270 g/mol. The molecule has 0 aliphatic carbocycles. The summed E-state index contributed by atoms with van der Waals surface area (Å²) >= 11 is 0. The molecule has 5 heteroatoms. The average Bonchev–Trinajstić information content (AvgIpc) is 2.96. The van der Waals surface area contributed by atoms with E-state index in [9.17, 15) is 9.59 Å². The second kappa shape index (κ2) is 7.11. The van der Waals surface area contributed by atoms with Crippen LogP contribution in [-0.4, -0.2) is 41.6 Å². The van der Waals surface area contributed by atoms with E-state index in [1.54, 1.807) is 4.90 Å². The molecule has 1 aliphatic rings. The van der Waals surface area contributed by atoms with Gasteiger partial charge < -0.3 is 14.7 Å². The molecule has 0 radical (unpaired) electrons. The van der Waals surface area contributed by atoms with Crippen LogP contribution in [0.25, 0.3) is 0 Å². The van der Waals surface area contributed by atoms with Gasteiger partial charge in [-0.2, -0.15) is 0 Å². The van der Waals surface area contributed by atoms with Crippen molar-refractivity contribution in [3.8, 4) is 5.75 Å². The summed E-state index contributed by atoms with van der Waals surface area (Å²) in [5.41, 5.74) is 1.02. The minimum atomic E-state index is -0.813. The third-order valence-corrected chi connectivity index (χ3v) is 3.77. The summed E-state index contributed by atoms with van der Waals surface area (Å²) in [5, 5.41) is 8.96. The second-order valence-electron chi connectivity index (χ2n) is 5.20. The number of amides is 1. The molecule has 1 aliphatic heterocycles. The van der Waals surface area contributed by atoms with Crippen LogP contribution in [-0.2, 0) is 16.0 Å². The Balaban J connectivity index is 1.89. The van der Waals surface area contributed by atoms with Gasteiger partial charge >= 0.3 is 5.97 Å². The Kier molecular flexibility index (Phi) is 5.20. The second-order valence-corrected chi connectivity index (χ2v) is 5.20. The lowest BCUT2D eigenvalue weighted by atomic mass is 10.1. The van der Waals surface area contributed by atoms with Crippen LogP contribution in [0, 0.1) is 5.92 Å². The summed E-state index contributed by atoms with van der Waals surface area (Å²) in [6, 6.07) is 7.70. The Hall–Kier alpha value is -2.04. The van der Waals surface area contributed by atoms with Gasteiger partial charge in [-0.15, -0.1) is 0 Å². The van der Waals surface area contributed by atoms with Crippen LogP contribution in [0.5, 0.6) is 5.75 Å². The summed E-state index contributed by atoms with van der Waals surface area (Å²) in [6.45, 7) is 3.40. The minimum Gasteiger partial charge on any atom is -0.494 e. The Bertz CT molecular complexity index is 515. The van der Waals surface area contributed by atoms with Crippen molar-refractivity contribution in [3.05, 3.63) is 29.8 Å². The maximum atomic E-state index is 12.1. The fourth-order valence-corrected chi connectivity index (χ4v) is 2.59. The predicted molar refractivity (Wildman–Crippen MR) is 78.3 cm³/mol. The standard InChI is InChI=1S/C16H21NO4/c1-2-21-14-6-4-3-5-12(14)7-8-15(18)17-10-9-13(11-17)16(19)20/h3-6,13H,2,7-11H2,1H3,(H,19,20)/t13-/m0/s1. The van der Waals surface area contributed by atoms with Crippen LogP contribution in [0.15, 0.2) is 24.3 Å². The van der Waals surface area contributed by atoms with E-state index in [4.69, 9.17) is 9.84 Å². The van der Waals surface area contributed by atoms with E-state index < -0.39 is 11.9 Å². The molecular formula is C16H21NO4. The van der Waals surface area contributed by atoms with Gasteiger partial charge in [-0.05, 0) is 31.4 Å². The quantitative estimate of drug-likeness (QED) is 0.870. The van der Waals surface area contributed by atoms with Crippen LogP contribution in [0.4, 0.5) is 0 Å². The average molecular weight is 291 g/mol. The fourth-order valence-electron chi connectivity index (χ4n) is 2.59. The first-order valence-corrected chi connectivity index (χ1v) is 7.33. The van der Waals surface area contributed by atoms with E-state index in [2.05, 4.69) is 0 Å². The number of para-hydroxylation sites is 1. The smallest absolute Gasteiger partial charge is 0.308 e. The van der Waals surface area contributed by atoms with Gasteiger partial charge in [0.2, 0.25) is 5.91 Å². The molecule has 1 saturated heterocycles. The molecule has 1 N–H and O–H groups in total. The highest BCUT2D eigenvalue weighted by Gasteiger charge is 2.30. The van der Waals surface area contributed by atoms with Crippen LogP contribution in [0.2, 0.25) is 0 Å². The molecule has 0 bridgehead atoms. The number of hydrogen-bond acceptors (Lipinski definition) is 3. The number of hydrogen-bond donors (Lipinski definition) is 1. The number of nitrogens with zero attached hydrogens (tertiary/aromatic N) is 1. The van der Waals surface area contributed by atoms with Crippen molar-refractivity contribution in [1.29, 1.82) is 0 Å². The number of ether oxygens (including phenoxy) is 1. The summed E-state index contributed by atoms with van der Waals surface area (Å²) in [5.74, 6) is -0.390. The molecule has 1 fully saturated rings. The fraction of sp³-hybridized carbons (Fsp3) is 0.500. The number of carbonyl (C=O) groups is 2. The minimum absolute atomic E-state index is 0.0186. The number of carboxylic acids is 1. The largest absolute Gasteiger partial charge is 0.494 e. The van der Waals surface area contributed by atoms with Crippen molar-refractivity contribution in [1.82, 2.24) is 4.90 Å². The Morgan fingerprint density at radius 1 is 1.38 bits per heavy atom. The Morgan fingerprint density at radius 3 is 2.81 bits per heavy atom. The highest BCUT2D eigenvalue weighted by atomic mass is 16.5. The molecule has 114 valence electrons. The molecule has 1 amide bonds. The summed E-state index contributed by atoms with van der Waals surface area (Å²) in [6.07, 6.45) is 1.55. The topological polar surface area (TPSA) is 66.8 Å². The van der Waals surface area contributed by atoms with Gasteiger partial charge in [0.05, 0.1) is 12.5 Å². The van der Waals surface area contributed by atoms with Crippen LogP contribution >= 0.6 is 0 Å². The zero-order valence-corrected chi connectivity index (χ0v) is 12.2. The zero-order valence-electron chi connectivity index (χ0n) is 12.2. The van der Waals surface area contributed by atoms with Crippen molar-refractivity contribution in [2.75, 3.05) is 19.7 Å². The van der Waals surface area contributed by atoms with E-state index in [1.807, 2.05) is 31.2 Å². The van der Waals surface area contributed by atoms with Gasteiger partial charge in [-0.1, -0.05) is 18.2 Å². The number of benzene rings is 1. The number of carboxylic acid groups (broad SMARTS) is 1. The van der Waals surface area contributed by atoms with Gasteiger partial charge in [0, 0.05) is 19.5 Å². The maximum Gasteiger partial charge on any atom is 0.308 e. The maximum absolute atomic E-state index is 12.1. The normalized spacial score (nSPS) is 17.8. The lowest BCUT2D eigenvalue weighted by Crippen LogP contribution is -2.30. The monoisotopic (exact) mass is 291 g/mol. The third kappa shape index (κ3) is 3.97. The molecule has 1 aromatic rings. The van der Waals surface area contributed by atoms with Gasteiger partial charge in [0.25, 0.3) is 0 Å². The third-order valence-electron chi connectivity index (χ3n) is 3.77. The summed E-state index contributed by atoms with van der Waals surface area (Å²) in [7, 11) is 0. The first-order valence-electron chi connectivity index (χ1n) is 7.33. The van der Waals surface area contributed by atoms with Gasteiger partial charge in [-0.3, -0.25) is 9.59 Å². The number of likely N-dealkylation sites (tertiary alicyclic amines) is 1. The molecule has 1 heterocycles. The first kappa shape index (κ1) is 15.4. The lowest BCUT2D eigenvalue weighted by molar-refractivity contribution is -0.141. The van der Waals surface area contributed by atoms with Crippen molar-refractivity contribution < 1.29 is 19.4 Å². The van der Waals surface area contributed by atoms with Gasteiger partial charge in [0.15, 0.2) is 0 Å². The number of aryl methyl sites for hydroxylation is 1. The molecule has 2 rings (SSSR count). The molecule has 1 aromatic carbocycles. The number of carbonyl (C=O) groups excluding carboxylic acids is 1. The number of aliphatic carboxylic acids is 1. The van der Waals surface area contributed by atoms with E-state index in [1.165, 1.54) is 0 Å². The number of rotatable bonds is 6. The Labute approximate surface area is 124 Å². The molecule has 21 heavy (non-hydrogen) atoms. The first-order chi connectivity index (χ1) is 10.1. The zero-order chi connectivity index (χ0) is 15.2. The van der Waals surface area contributed by atoms with Crippen molar-refractivity contribution in [2.45, 2.75) is 26.2 Å². The highest BCUT2D eigenvalue weighted by molar-refractivity contribution is 5.79. The molecule has 5 nitrogen and oxygen atoms in total. The molecule has 0 spiro atoms. The van der Waals surface area contributed by atoms with E-state index >= 15 is 0 Å². The van der Waals surface area contributed by atoms with E-state index in [0.717, 1.165) is 11.3 Å². The van der Waals surface area contributed by atoms with Crippen molar-refractivity contribution in [2.24, 2.45) is 5.92 Å². The van der Waals surface area contributed by atoms with Crippen molar-refractivity contribution in [3.63, 3.8) is 0 Å². The highest BCUT2D eigenvalue weighted by Crippen LogP contribution is 2.21. The van der Waals surface area contributed by atoms with E-state index in [0.29, 0.717) is 39.0 Å². The SMILES string of the molecule is CCOc1ccccc1CCC(=O)N1CC[C@H](C(=O)O)C1.